The van der Waals surface area contributed by atoms with Gasteiger partial charge in [-0.2, -0.15) is 0 Å². The van der Waals surface area contributed by atoms with E-state index in [0.717, 1.165) is 25.3 Å². The van der Waals surface area contributed by atoms with Gasteiger partial charge in [0.25, 0.3) is 0 Å². The van der Waals surface area contributed by atoms with Crippen LogP contribution in [0.5, 0.6) is 0 Å². The first-order valence-electron chi connectivity index (χ1n) is 8.84. The number of carbonyl (C=O) groups excluding carboxylic acids is 1. The normalized spacial score (nSPS) is 17.2. The first kappa shape index (κ1) is 17.6. The molecule has 0 bridgehead atoms. The summed E-state index contributed by atoms with van der Waals surface area (Å²) in [5.74, 6) is 0.143. The molecule has 0 spiro atoms. The number of amides is 1. The zero-order valence-corrected chi connectivity index (χ0v) is 14.4. The van der Waals surface area contributed by atoms with Crippen LogP contribution in [-0.2, 0) is 22.5 Å². The smallest absolute Gasteiger partial charge is 0.224 e. The van der Waals surface area contributed by atoms with Gasteiger partial charge in [0.05, 0.1) is 25.5 Å². The van der Waals surface area contributed by atoms with E-state index in [-0.39, 0.29) is 11.9 Å². The van der Waals surface area contributed by atoms with Gasteiger partial charge in [-0.1, -0.05) is 36.4 Å². The maximum atomic E-state index is 12.8. The number of morpholine rings is 1. The molecule has 1 saturated heterocycles. The van der Waals surface area contributed by atoms with Crippen LogP contribution in [0.1, 0.15) is 17.7 Å². The van der Waals surface area contributed by atoms with Gasteiger partial charge in [0.1, 0.15) is 0 Å². The van der Waals surface area contributed by atoms with Crippen LogP contribution in [0.3, 0.4) is 0 Å². The van der Waals surface area contributed by atoms with Gasteiger partial charge in [-0.3, -0.25) is 9.78 Å². The first-order valence-corrected chi connectivity index (χ1v) is 8.84. The predicted octanol–water partition coefficient (Wildman–Crippen LogP) is 2.03. The monoisotopic (exact) mass is 339 g/mol. The molecule has 1 aromatic heterocycles. The molecular formula is C20H25N3O2. The minimum absolute atomic E-state index is 0.101. The van der Waals surface area contributed by atoms with Crippen molar-refractivity contribution in [1.82, 2.24) is 15.2 Å². The molecule has 1 aliphatic heterocycles. The van der Waals surface area contributed by atoms with E-state index in [2.05, 4.69) is 22.4 Å². The Labute approximate surface area is 149 Å². The second-order valence-corrected chi connectivity index (χ2v) is 6.30. The molecule has 1 aromatic carbocycles. The van der Waals surface area contributed by atoms with Crippen LogP contribution in [-0.4, -0.2) is 48.1 Å². The maximum Gasteiger partial charge on any atom is 0.224 e. The van der Waals surface area contributed by atoms with Gasteiger partial charge in [0.15, 0.2) is 0 Å². The lowest BCUT2D eigenvalue weighted by atomic mass is 10.1. The summed E-state index contributed by atoms with van der Waals surface area (Å²) >= 11 is 0. The summed E-state index contributed by atoms with van der Waals surface area (Å²) in [5, 5.41) is 3.35. The second kappa shape index (κ2) is 9.30. The third-order valence-electron chi connectivity index (χ3n) is 4.36. The predicted molar refractivity (Wildman–Crippen MR) is 97.0 cm³/mol. The van der Waals surface area contributed by atoms with E-state index in [1.54, 1.807) is 6.20 Å². The third kappa shape index (κ3) is 5.66. The first-order chi connectivity index (χ1) is 12.3. The highest BCUT2D eigenvalue weighted by Crippen LogP contribution is 2.09. The molecule has 1 aliphatic rings. The molecule has 1 N–H and O–H groups in total. The fourth-order valence-electron chi connectivity index (χ4n) is 2.98. The average molecular weight is 339 g/mol. The molecule has 3 rings (SSSR count). The van der Waals surface area contributed by atoms with Crippen molar-refractivity contribution in [2.24, 2.45) is 0 Å². The number of hydrogen-bond donors (Lipinski definition) is 1. The van der Waals surface area contributed by atoms with Gasteiger partial charge >= 0.3 is 0 Å². The Hall–Kier alpha value is -2.24. The second-order valence-electron chi connectivity index (χ2n) is 6.30. The Kier molecular flexibility index (Phi) is 6.54. The van der Waals surface area contributed by atoms with Crippen molar-refractivity contribution >= 4 is 5.91 Å². The van der Waals surface area contributed by atoms with Gasteiger partial charge < -0.3 is 15.0 Å². The van der Waals surface area contributed by atoms with E-state index in [1.807, 2.05) is 41.3 Å². The molecule has 5 heteroatoms. The van der Waals surface area contributed by atoms with Gasteiger partial charge in [0.2, 0.25) is 5.91 Å². The number of hydrogen-bond acceptors (Lipinski definition) is 4. The van der Waals surface area contributed by atoms with Gasteiger partial charge in [-0.25, -0.2) is 0 Å². The van der Waals surface area contributed by atoms with Crippen molar-refractivity contribution in [2.45, 2.75) is 25.4 Å². The lowest BCUT2D eigenvalue weighted by molar-refractivity contribution is -0.133. The molecule has 2 heterocycles. The molecule has 0 saturated carbocycles. The van der Waals surface area contributed by atoms with Crippen LogP contribution >= 0.6 is 0 Å². The van der Waals surface area contributed by atoms with Crippen LogP contribution in [0.25, 0.3) is 0 Å². The maximum absolute atomic E-state index is 12.8. The number of benzene rings is 1. The summed E-state index contributed by atoms with van der Waals surface area (Å²) in [7, 11) is 0. The van der Waals surface area contributed by atoms with E-state index < -0.39 is 0 Å². The van der Waals surface area contributed by atoms with E-state index in [9.17, 15) is 4.79 Å². The van der Waals surface area contributed by atoms with Crippen LogP contribution < -0.4 is 5.32 Å². The molecule has 1 atom stereocenters. The fraction of sp³-hybridized carbons (Fsp3) is 0.400. The summed E-state index contributed by atoms with van der Waals surface area (Å²) in [4.78, 5) is 19.1. The zero-order valence-electron chi connectivity index (χ0n) is 14.4. The zero-order chi connectivity index (χ0) is 17.3. The number of nitrogens with one attached hydrogen (secondary N) is 1. The van der Waals surface area contributed by atoms with Crippen LogP contribution in [0, 0.1) is 0 Å². The van der Waals surface area contributed by atoms with E-state index in [1.165, 1.54) is 5.56 Å². The molecule has 132 valence electrons. The third-order valence-corrected chi connectivity index (χ3v) is 4.36. The Balaban J connectivity index is 1.63. The Morgan fingerprint density at radius 3 is 2.76 bits per heavy atom. The van der Waals surface area contributed by atoms with E-state index in [0.29, 0.717) is 26.1 Å². The average Bonchev–Trinajstić information content (AvgIpc) is 2.67. The highest BCUT2D eigenvalue weighted by Gasteiger charge is 2.21. The SMILES string of the molecule is O=C(C[C@@H]1COCCN1)N(CCc1ccccc1)Cc1ccccn1. The van der Waals surface area contributed by atoms with E-state index >= 15 is 0 Å². The van der Waals surface area contributed by atoms with Crippen molar-refractivity contribution in [1.29, 1.82) is 0 Å². The Bertz CT molecular complexity index is 643. The van der Waals surface area contributed by atoms with Crippen LogP contribution in [0.2, 0.25) is 0 Å². The summed E-state index contributed by atoms with van der Waals surface area (Å²) in [6.45, 7) is 3.35. The molecule has 5 nitrogen and oxygen atoms in total. The molecule has 25 heavy (non-hydrogen) atoms. The van der Waals surface area contributed by atoms with Crippen molar-refractivity contribution < 1.29 is 9.53 Å². The minimum atomic E-state index is 0.101. The number of nitrogens with zero attached hydrogens (tertiary/aromatic N) is 2. The van der Waals surface area contributed by atoms with E-state index in [4.69, 9.17) is 4.74 Å². The minimum Gasteiger partial charge on any atom is -0.378 e. The number of carbonyl (C=O) groups is 1. The number of pyridine rings is 1. The highest BCUT2D eigenvalue weighted by atomic mass is 16.5. The van der Waals surface area contributed by atoms with Crippen LogP contribution in [0.4, 0.5) is 0 Å². The van der Waals surface area contributed by atoms with Crippen molar-refractivity contribution in [3.63, 3.8) is 0 Å². The Morgan fingerprint density at radius 1 is 1.20 bits per heavy atom. The summed E-state index contributed by atoms with van der Waals surface area (Å²) in [5.41, 5.74) is 2.15. The standard InChI is InChI=1S/C20H25N3O2/c24-20(14-19-16-25-13-11-22-19)23(15-18-8-4-5-10-21-18)12-9-17-6-2-1-3-7-17/h1-8,10,19,22H,9,11-16H2/t19-/m1/s1. The number of rotatable bonds is 7. The van der Waals surface area contributed by atoms with Crippen LogP contribution in [0.15, 0.2) is 54.7 Å². The summed E-state index contributed by atoms with van der Waals surface area (Å²) < 4.78 is 5.46. The van der Waals surface area contributed by atoms with Gasteiger partial charge in [0, 0.05) is 31.7 Å². The van der Waals surface area contributed by atoms with Crippen molar-refractivity contribution in [3.05, 3.63) is 66.0 Å². The van der Waals surface area contributed by atoms with Gasteiger partial charge in [-0.15, -0.1) is 0 Å². The fourth-order valence-corrected chi connectivity index (χ4v) is 2.98. The quantitative estimate of drug-likeness (QED) is 0.839. The molecule has 2 aromatic rings. The summed E-state index contributed by atoms with van der Waals surface area (Å²) in [6, 6.07) is 16.2. The topological polar surface area (TPSA) is 54.5 Å². The molecule has 1 amide bonds. The molecule has 0 aliphatic carbocycles. The highest BCUT2D eigenvalue weighted by molar-refractivity contribution is 5.76. The van der Waals surface area contributed by atoms with Gasteiger partial charge in [-0.05, 0) is 24.1 Å². The van der Waals surface area contributed by atoms with Crippen molar-refractivity contribution in [3.8, 4) is 0 Å². The summed E-state index contributed by atoms with van der Waals surface area (Å²) in [6.07, 6.45) is 3.07. The van der Waals surface area contributed by atoms with Crippen molar-refractivity contribution in [2.75, 3.05) is 26.3 Å². The Morgan fingerprint density at radius 2 is 2.04 bits per heavy atom. The molecule has 1 fully saturated rings. The lowest BCUT2D eigenvalue weighted by Gasteiger charge is -2.27. The lowest BCUT2D eigenvalue weighted by Crippen LogP contribution is -2.45. The number of aromatic nitrogens is 1. The molecule has 0 radical (unpaired) electrons. The number of ether oxygens (including phenoxy) is 1. The largest absolute Gasteiger partial charge is 0.378 e. The molecular weight excluding hydrogens is 314 g/mol. The molecule has 0 unspecified atom stereocenters.